The topological polar surface area (TPSA) is 24.9 Å². The van der Waals surface area contributed by atoms with Crippen LogP contribution in [0.3, 0.4) is 0 Å². The van der Waals surface area contributed by atoms with Gasteiger partial charge < -0.3 is 5.32 Å². The first-order valence-electron chi connectivity index (χ1n) is 5.23. The lowest BCUT2D eigenvalue weighted by Crippen LogP contribution is -2.25. The first kappa shape index (κ1) is 13.9. The molecule has 0 amide bonds. The zero-order valence-corrected chi connectivity index (χ0v) is 11.8. The van der Waals surface area contributed by atoms with E-state index < -0.39 is 0 Å². The van der Waals surface area contributed by atoms with E-state index in [1.165, 1.54) is 0 Å². The summed E-state index contributed by atoms with van der Waals surface area (Å²) in [7, 11) is 0. The lowest BCUT2D eigenvalue weighted by atomic mass is 10.0. The summed E-state index contributed by atoms with van der Waals surface area (Å²) in [6.07, 6.45) is 0.996. The first-order valence-corrected chi connectivity index (χ1v) is 6.37. The van der Waals surface area contributed by atoms with Crippen molar-refractivity contribution in [2.45, 2.75) is 33.2 Å². The van der Waals surface area contributed by atoms with Crippen LogP contribution in [0.25, 0.3) is 0 Å². The number of pyridine rings is 1. The molecule has 0 saturated heterocycles. The number of anilines is 1. The standard InChI is InChI=1S/C11H15Cl3N2/c1-4-9(6(2)3)15-11-8(13)5-7(12)10(14)16-11/h5-6,9H,4H2,1-3H3,(H,15,16). The fraction of sp³-hybridized carbons (Fsp3) is 0.545. The van der Waals surface area contributed by atoms with Crippen molar-refractivity contribution >= 4 is 40.6 Å². The Morgan fingerprint density at radius 2 is 1.88 bits per heavy atom. The Morgan fingerprint density at radius 1 is 1.25 bits per heavy atom. The van der Waals surface area contributed by atoms with Crippen molar-refractivity contribution in [1.82, 2.24) is 4.98 Å². The Balaban J connectivity index is 2.92. The highest BCUT2D eigenvalue weighted by Crippen LogP contribution is 2.29. The number of nitrogens with one attached hydrogen (secondary N) is 1. The third kappa shape index (κ3) is 3.41. The van der Waals surface area contributed by atoms with E-state index in [2.05, 4.69) is 31.1 Å². The molecule has 1 rings (SSSR count). The van der Waals surface area contributed by atoms with E-state index >= 15 is 0 Å². The van der Waals surface area contributed by atoms with Gasteiger partial charge in [-0.25, -0.2) is 4.98 Å². The fourth-order valence-electron chi connectivity index (χ4n) is 1.46. The minimum absolute atomic E-state index is 0.271. The van der Waals surface area contributed by atoms with E-state index in [1.807, 2.05) is 0 Å². The summed E-state index contributed by atoms with van der Waals surface area (Å²) in [6.45, 7) is 6.41. The van der Waals surface area contributed by atoms with Crippen LogP contribution in [0.4, 0.5) is 5.82 Å². The molecule has 0 bridgehead atoms. The van der Waals surface area contributed by atoms with Crippen molar-refractivity contribution in [3.63, 3.8) is 0 Å². The molecular weight excluding hydrogens is 266 g/mol. The van der Waals surface area contributed by atoms with Gasteiger partial charge in [-0.05, 0) is 18.4 Å². The maximum Gasteiger partial charge on any atom is 0.150 e. The number of hydrogen-bond donors (Lipinski definition) is 1. The molecule has 5 heteroatoms. The largest absolute Gasteiger partial charge is 0.366 e. The smallest absolute Gasteiger partial charge is 0.150 e. The quantitative estimate of drug-likeness (QED) is 0.795. The lowest BCUT2D eigenvalue weighted by molar-refractivity contribution is 0.510. The van der Waals surface area contributed by atoms with Crippen LogP contribution >= 0.6 is 34.8 Å². The average molecular weight is 282 g/mol. The molecule has 0 aromatic carbocycles. The molecule has 1 atom stereocenters. The molecule has 0 fully saturated rings. The van der Waals surface area contributed by atoms with Crippen LogP contribution in [0.1, 0.15) is 27.2 Å². The van der Waals surface area contributed by atoms with E-state index in [0.717, 1.165) is 6.42 Å². The minimum Gasteiger partial charge on any atom is -0.366 e. The molecule has 1 N–H and O–H groups in total. The Kier molecular flexibility index (Phi) is 5.16. The zero-order chi connectivity index (χ0) is 12.3. The van der Waals surface area contributed by atoms with Crippen molar-refractivity contribution in [3.05, 3.63) is 21.3 Å². The number of nitrogens with zero attached hydrogens (tertiary/aromatic N) is 1. The summed E-state index contributed by atoms with van der Waals surface area (Å²) >= 11 is 17.7. The van der Waals surface area contributed by atoms with Crippen molar-refractivity contribution in [3.8, 4) is 0 Å². The van der Waals surface area contributed by atoms with Crippen molar-refractivity contribution < 1.29 is 0 Å². The second kappa shape index (κ2) is 5.95. The van der Waals surface area contributed by atoms with Crippen LogP contribution in [0.5, 0.6) is 0 Å². The molecule has 0 aliphatic heterocycles. The first-order chi connectivity index (χ1) is 7.45. The normalized spacial score (nSPS) is 12.9. The number of hydrogen-bond acceptors (Lipinski definition) is 2. The average Bonchev–Trinajstić information content (AvgIpc) is 2.21. The molecule has 1 heterocycles. The molecular formula is C11H15Cl3N2. The third-order valence-corrected chi connectivity index (χ3v) is 3.41. The Bertz CT molecular complexity index is 366. The van der Waals surface area contributed by atoms with Crippen LogP contribution in [-0.2, 0) is 0 Å². The van der Waals surface area contributed by atoms with Gasteiger partial charge in [-0.3, -0.25) is 0 Å². The van der Waals surface area contributed by atoms with Gasteiger partial charge in [-0.15, -0.1) is 0 Å². The molecule has 2 nitrogen and oxygen atoms in total. The second-order valence-electron chi connectivity index (χ2n) is 3.99. The van der Waals surface area contributed by atoms with Crippen molar-refractivity contribution in [1.29, 1.82) is 0 Å². The van der Waals surface area contributed by atoms with E-state index in [4.69, 9.17) is 34.8 Å². The minimum atomic E-state index is 0.271. The van der Waals surface area contributed by atoms with Crippen LogP contribution in [0.2, 0.25) is 15.2 Å². The molecule has 0 spiro atoms. The van der Waals surface area contributed by atoms with E-state index in [0.29, 0.717) is 27.8 Å². The molecule has 16 heavy (non-hydrogen) atoms. The summed E-state index contributed by atoms with van der Waals surface area (Å²) in [5, 5.41) is 4.41. The summed E-state index contributed by atoms with van der Waals surface area (Å²) in [4.78, 5) is 4.13. The van der Waals surface area contributed by atoms with Gasteiger partial charge in [0, 0.05) is 6.04 Å². The van der Waals surface area contributed by atoms with Gasteiger partial charge in [-0.1, -0.05) is 55.6 Å². The van der Waals surface area contributed by atoms with Gasteiger partial charge in [0.2, 0.25) is 0 Å². The summed E-state index contributed by atoms with van der Waals surface area (Å²) in [5.41, 5.74) is 0. The van der Waals surface area contributed by atoms with Crippen molar-refractivity contribution in [2.75, 3.05) is 5.32 Å². The molecule has 1 unspecified atom stereocenters. The molecule has 0 saturated carbocycles. The SMILES string of the molecule is CCC(Nc1nc(Cl)c(Cl)cc1Cl)C(C)C. The highest BCUT2D eigenvalue weighted by molar-refractivity contribution is 6.42. The predicted molar refractivity (Wildman–Crippen MR) is 71.8 cm³/mol. The van der Waals surface area contributed by atoms with E-state index in [1.54, 1.807) is 6.07 Å². The zero-order valence-electron chi connectivity index (χ0n) is 9.52. The highest BCUT2D eigenvalue weighted by atomic mass is 35.5. The predicted octanol–water partition coefficient (Wildman–Crippen LogP) is 4.89. The van der Waals surface area contributed by atoms with Crippen molar-refractivity contribution in [2.24, 2.45) is 5.92 Å². The van der Waals surface area contributed by atoms with Crippen LogP contribution < -0.4 is 5.32 Å². The number of aromatic nitrogens is 1. The molecule has 1 aromatic heterocycles. The second-order valence-corrected chi connectivity index (χ2v) is 5.17. The highest BCUT2D eigenvalue weighted by Gasteiger charge is 2.14. The van der Waals surface area contributed by atoms with Gasteiger partial charge >= 0.3 is 0 Å². The van der Waals surface area contributed by atoms with E-state index in [9.17, 15) is 0 Å². The monoisotopic (exact) mass is 280 g/mol. The van der Waals surface area contributed by atoms with Gasteiger partial charge in [0.15, 0.2) is 0 Å². The Labute approximate surface area is 111 Å². The number of rotatable bonds is 4. The molecule has 90 valence electrons. The van der Waals surface area contributed by atoms with Gasteiger partial charge in [0.05, 0.1) is 10.0 Å². The van der Waals surface area contributed by atoms with Crippen LogP contribution in [-0.4, -0.2) is 11.0 Å². The summed E-state index contributed by atoms with van der Waals surface area (Å²) < 4.78 is 0. The van der Waals surface area contributed by atoms with Gasteiger partial charge in [0.1, 0.15) is 11.0 Å². The molecule has 1 aromatic rings. The molecule has 0 radical (unpaired) electrons. The van der Waals surface area contributed by atoms with Gasteiger partial charge in [0.25, 0.3) is 0 Å². The van der Waals surface area contributed by atoms with Gasteiger partial charge in [-0.2, -0.15) is 0 Å². The summed E-state index contributed by atoms with van der Waals surface area (Å²) in [6, 6.07) is 1.93. The Hall–Kier alpha value is -0.180. The van der Waals surface area contributed by atoms with E-state index in [-0.39, 0.29) is 5.15 Å². The maximum absolute atomic E-state index is 6.04. The molecule has 0 aliphatic rings. The fourth-order valence-corrected chi connectivity index (χ4v) is 2.01. The summed E-state index contributed by atoms with van der Waals surface area (Å²) in [5.74, 6) is 1.09. The number of halogens is 3. The third-order valence-electron chi connectivity index (χ3n) is 2.45. The maximum atomic E-state index is 6.04. The molecule has 0 aliphatic carbocycles. The van der Waals surface area contributed by atoms with Crippen LogP contribution in [0, 0.1) is 5.92 Å². The lowest BCUT2D eigenvalue weighted by Gasteiger charge is -2.22. The Morgan fingerprint density at radius 3 is 2.38 bits per heavy atom. The van der Waals surface area contributed by atoms with Crippen LogP contribution in [0.15, 0.2) is 6.07 Å².